The fraction of sp³-hybridized carbons (Fsp3) is 0.133. The lowest BCUT2D eigenvalue weighted by molar-refractivity contribution is 0.102. The zero-order valence-corrected chi connectivity index (χ0v) is 13.3. The van der Waals surface area contributed by atoms with E-state index in [1.54, 1.807) is 0 Å². The number of benzene rings is 1. The number of anilines is 1. The van der Waals surface area contributed by atoms with Gasteiger partial charge in [-0.05, 0) is 24.3 Å². The number of amides is 1. The van der Waals surface area contributed by atoms with Crippen LogP contribution in [-0.2, 0) is 0 Å². The zero-order chi connectivity index (χ0) is 19.0. The van der Waals surface area contributed by atoms with Gasteiger partial charge < -0.3 is 5.32 Å². The molecule has 0 unspecified atom stereocenters. The zero-order valence-electron chi connectivity index (χ0n) is 12.6. The number of hydrogen-bond donors (Lipinski definition) is 1. The van der Waals surface area contributed by atoms with Gasteiger partial charge in [0.1, 0.15) is 17.2 Å². The molecule has 0 fully saturated rings. The summed E-state index contributed by atoms with van der Waals surface area (Å²) in [4.78, 5) is 15.7. The Bertz CT molecular complexity index is 992. The van der Waals surface area contributed by atoms with Crippen molar-refractivity contribution in [3.05, 3.63) is 58.3 Å². The van der Waals surface area contributed by atoms with Crippen LogP contribution in [-0.4, -0.2) is 20.5 Å². The van der Waals surface area contributed by atoms with Crippen LogP contribution in [0.15, 0.2) is 30.3 Å². The third-order valence-electron chi connectivity index (χ3n) is 3.33. The van der Waals surface area contributed by atoms with Crippen LogP contribution in [0, 0.1) is 5.82 Å². The quantitative estimate of drug-likeness (QED) is 0.660. The first-order chi connectivity index (χ1) is 12.3. The van der Waals surface area contributed by atoms with E-state index in [0.717, 1.165) is 18.2 Å². The van der Waals surface area contributed by atoms with Crippen molar-refractivity contribution in [1.82, 2.24) is 14.6 Å². The predicted octanol–water partition coefficient (Wildman–Crippen LogP) is 4.65. The Balaban J connectivity index is 1.98. The molecule has 1 amide bonds. The maximum Gasteiger partial charge on any atom is 0.280 e. The number of hydrogen-bond acceptors (Lipinski definition) is 3. The number of carbonyl (C=O) groups excluding carboxylic acids is 1. The average Bonchev–Trinajstić information content (AvgIpc) is 3.01. The van der Waals surface area contributed by atoms with E-state index in [4.69, 9.17) is 11.6 Å². The summed E-state index contributed by atoms with van der Waals surface area (Å²) in [6.07, 6.45) is -6.17. The van der Waals surface area contributed by atoms with Crippen LogP contribution in [0.5, 0.6) is 0 Å². The first-order valence-electron chi connectivity index (χ1n) is 6.99. The molecular formula is C15H8ClF5N4O. The second-order valence-corrected chi connectivity index (χ2v) is 5.50. The molecule has 1 aromatic carbocycles. The predicted molar refractivity (Wildman–Crippen MR) is 82.3 cm³/mol. The highest BCUT2D eigenvalue weighted by molar-refractivity contribution is 6.31. The normalized spacial score (nSPS) is 11.5. The molecule has 0 spiro atoms. The molecule has 0 saturated heterocycles. The minimum atomic E-state index is -3.11. The van der Waals surface area contributed by atoms with E-state index in [2.05, 4.69) is 15.4 Å². The van der Waals surface area contributed by atoms with E-state index in [1.165, 1.54) is 6.07 Å². The van der Waals surface area contributed by atoms with Gasteiger partial charge in [-0.2, -0.15) is 5.10 Å². The highest BCUT2D eigenvalue weighted by Crippen LogP contribution is 2.26. The van der Waals surface area contributed by atoms with Gasteiger partial charge in [0.25, 0.3) is 18.8 Å². The number of aromatic nitrogens is 3. The summed E-state index contributed by atoms with van der Waals surface area (Å²) in [7, 11) is 0. The van der Waals surface area contributed by atoms with Crippen LogP contribution in [0.1, 0.15) is 34.7 Å². The minimum Gasteiger partial charge on any atom is -0.321 e. The fourth-order valence-corrected chi connectivity index (χ4v) is 2.35. The van der Waals surface area contributed by atoms with Gasteiger partial charge in [-0.3, -0.25) is 4.79 Å². The lowest BCUT2D eigenvalue weighted by Gasteiger charge is -2.06. The Kier molecular flexibility index (Phi) is 4.77. The lowest BCUT2D eigenvalue weighted by Crippen LogP contribution is -2.13. The molecule has 0 bridgehead atoms. The van der Waals surface area contributed by atoms with Crippen molar-refractivity contribution in [2.75, 3.05) is 5.32 Å². The van der Waals surface area contributed by atoms with Crippen LogP contribution < -0.4 is 5.32 Å². The average molecular weight is 391 g/mol. The van der Waals surface area contributed by atoms with Gasteiger partial charge in [0.15, 0.2) is 11.3 Å². The molecule has 2 heterocycles. The third kappa shape index (κ3) is 3.45. The van der Waals surface area contributed by atoms with Crippen molar-refractivity contribution in [3.63, 3.8) is 0 Å². The molecule has 0 radical (unpaired) electrons. The maximum atomic E-state index is 13.1. The summed E-state index contributed by atoms with van der Waals surface area (Å²) in [5.74, 6) is -1.53. The number of nitrogens with zero attached hydrogens (tertiary/aromatic N) is 3. The van der Waals surface area contributed by atoms with Gasteiger partial charge in [0, 0.05) is 11.8 Å². The van der Waals surface area contributed by atoms with Crippen molar-refractivity contribution in [2.24, 2.45) is 0 Å². The number of rotatable bonds is 4. The largest absolute Gasteiger partial charge is 0.321 e. The van der Waals surface area contributed by atoms with Gasteiger partial charge in [-0.1, -0.05) is 11.6 Å². The van der Waals surface area contributed by atoms with Gasteiger partial charge in [0.05, 0.1) is 5.02 Å². The Morgan fingerprint density at radius 2 is 1.85 bits per heavy atom. The number of alkyl halides is 4. The van der Waals surface area contributed by atoms with Gasteiger partial charge in [-0.15, -0.1) is 0 Å². The smallest absolute Gasteiger partial charge is 0.280 e. The van der Waals surface area contributed by atoms with E-state index in [0.29, 0.717) is 10.6 Å². The summed E-state index contributed by atoms with van der Waals surface area (Å²) in [5, 5.41) is 5.79. The Labute approximate surface area is 147 Å². The Hall–Kier alpha value is -2.75. The molecule has 136 valence electrons. The second-order valence-electron chi connectivity index (χ2n) is 5.09. The summed E-state index contributed by atoms with van der Waals surface area (Å²) >= 11 is 5.60. The molecule has 26 heavy (non-hydrogen) atoms. The Morgan fingerprint density at radius 1 is 1.12 bits per heavy atom. The van der Waals surface area contributed by atoms with E-state index in [-0.39, 0.29) is 22.1 Å². The van der Waals surface area contributed by atoms with Crippen molar-refractivity contribution in [3.8, 4) is 0 Å². The van der Waals surface area contributed by atoms with E-state index >= 15 is 0 Å². The van der Waals surface area contributed by atoms with E-state index in [9.17, 15) is 26.7 Å². The standard InChI is InChI=1S/C15H8ClF5N4O/c16-7-3-6(1-2-8(7)17)22-15(26)10-5-12-23-9(13(18)19)4-11(14(20)21)25(12)24-10/h1-5,13-14H,(H,22,26). The first kappa shape index (κ1) is 18.1. The van der Waals surface area contributed by atoms with Crippen LogP contribution in [0.4, 0.5) is 27.6 Å². The highest BCUT2D eigenvalue weighted by atomic mass is 35.5. The molecule has 0 atom stereocenters. The monoisotopic (exact) mass is 390 g/mol. The van der Waals surface area contributed by atoms with Crippen LogP contribution in [0.2, 0.25) is 5.02 Å². The molecule has 3 aromatic rings. The first-order valence-corrected chi connectivity index (χ1v) is 7.37. The van der Waals surface area contributed by atoms with Crippen LogP contribution in [0.25, 0.3) is 5.65 Å². The van der Waals surface area contributed by atoms with Gasteiger partial charge in [-0.25, -0.2) is 31.5 Å². The van der Waals surface area contributed by atoms with Crippen molar-refractivity contribution in [2.45, 2.75) is 12.9 Å². The van der Waals surface area contributed by atoms with Gasteiger partial charge in [0.2, 0.25) is 0 Å². The minimum absolute atomic E-state index is 0.133. The SMILES string of the molecule is O=C(Nc1ccc(F)c(Cl)c1)c1cc2nc(C(F)F)cc(C(F)F)n2n1. The molecular weight excluding hydrogens is 383 g/mol. The van der Waals surface area contributed by atoms with Crippen molar-refractivity contribution in [1.29, 1.82) is 0 Å². The summed E-state index contributed by atoms with van der Waals surface area (Å²) in [5.41, 5.74) is -2.22. The Morgan fingerprint density at radius 3 is 2.46 bits per heavy atom. The molecule has 11 heteroatoms. The number of nitrogens with one attached hydrogen (secondary N) is 1. The number of halogens is 6. The molecule has 0 aliphatic heterocycles. The maximum absolute atomic E-state index is 13.1. The highest BCUT2D eigenvalue weighted by Gasteiger charge is 2.22. The topological polar surface area (TPSA) is 59.3 Å². The van der Waals surface area contributed by atoms with E-state index < -0.39 is 36.0 Å². The molecule has 3 rings (SSSR count). The lowest BCUT2D eigenvalue weighted by atomic mass is 10.3. The molecule has 1 N–H and O–H groups in total. The van der Waals surface area contributed by atoms with Crippen molar-refractivity contribution >= 4 is 28.8 Å². The second kappa shape index (κ2) is 6.87. The van der Waals surface area contributed by atoms with Crippen LogP contribution in [0.3, 0.4) is 0 Å². The summed E-state index contributed by atoms with van der Waals surface area (Å²) in [6.45, 7) is 0. The third-order valence-corrected chi connectivity index (χ3v) is 3.62. The van der Waals surface area contributed by atoms with Gasteiger partial charge >= 0.3 is 0 Å². The molecule has 0 aliphatic rings. The molecule has 2 aromatic heterocycles. The molecule has 5 nitrogen and oxygen atoms in total. The van der Waals surface area contributed by atoms with E-state index in [1.807, 2.05) is 0 Å². The summed E-state index contributed by atoms with van der Waals surface area (Å²) < 4.78 is 65.5. The number of carbonyl (C=O) groups is 1. The van der Waals surface area contributed by atoms with Crippen molar-refractivity contribution < 1.29 is 26.7 Å². The number of fused-ring (bicyclic) bond motifs is 1. The molecule has 0 saturated carbocycles. The fourth-order valence-electron chi connectivity index (χ4n) is 2.17. The summed E-state index contributed by atoms with van der Waals surface area (Å²) in [6, 6.07) is 4.90. The molecule has 0 aliphatic carbocycles. The van der Waals surface area contributed by atoms with Crippen LogP contribution >= 0.6 is 11.6 Å².